The third kappa shape index (κ3) is 2.58. The lowest BCUT2D eigenvalue weighted by Gasteiger charge is -2.13. The summed E-state index contributed by atoms with van der Waals surface area (Å²) in [5.74, 6) is 0.675. The molecular weight excluding hydrogens is 228 g/mol. The highest BCUT2D eigenvalue weighted by Gasteiger charge is 2.07. The Labute approximate surface area is 116 Å². The fraction of sp³-hybridized carbons (Fsp3) is 0.368. The maximum absolute atomic E-state index is 2.45. The van der Waals surface area contributed by atoms with E-state index >= 15 is 0 Å². The van der Waals surface area contributed by atoms with E-state index in [-0.39, 0.29) is 0 Å². The summed E-state index contributed by atoms with van der Waals surface area (Å²) in [7, 11) is 0. The second-order valence-corrected chi connectivity index (χ2v) is 5.02. The Bertz CT molecular complexity index is 677. The van der Waals surface area contributed by atoms with Gasteiger partial charge in [-0.3, -0.25) is 0 Å². The van der Waals surface area contributed by atoms with Crippen molar-refractivity contribution in [3.8, 4) is 0 Å². The molecule has 0 saturated heterocycles. The van der Waals surface area contributed by atoms with Crippen LogP contribution in [0, 0.1) is 5.92 Å². The maximum Gasteiger partial charge on any atom is -0.0146 e. The molecule has 0 nitrogen and oxygen atoms in total. The second kappa shape index (κ2) is 6.06. The topological polar surface area (TPSA) is 0 Å². The molecular formula is C19H24. The van der Waals surface area contributed by atoms with Crippen molar-refractivity contribution in [2.75, 3.05) is 0 Å². The number of hydrogen-bond acceptors (Lipinski definition) is 0. The van der Waals surface area contributed by atoms with Crippen LogP contribution in [0.1, 0.15) is 39.7 Å². The Morgan fingerprint density at radius 1 is 1.16 bits per heavy atom. The number of fused-ring (bicyclic) bond motifs is 2. The highest BCUT2D eigenvalue weighted by atomic mass is 14.1. The van der Waals surface area contributed by atoms with Crippen molar-refractivity contribution >= 4 is 22.9 Å². The molecule has 2 aromatic carbocycles. The SMILES string of the molecule is CC.CCc1c2c(cc3ccccc13)=CCC(C)C=2. The zero-order valence-corrected chi connectivity index (χ0v) is 12.5. The smallest absolute Gasteiger partial charge is 0.0146 e. The second-order valence-electron chi connectivity index (χ2n) is 5.02. The molecule has 1 aliphatic carbocycles. The lowest BCUT2D eigenvalue weighted by Crippen LogP contribution is -2.32. The fourth-order valence-electron chi connectivity index (χ4n) is 2.87. The summed E-state index contributed by atoms with van der Waals surface area (Å²) in [6.45, 7) is 8.56. The molecule has 0 heterocycles. The van der Waals surface area contributed by atoms with Crippen LogP contribution in [-0.2, 0) is 6.42 Å². The van der Waals surface area contributed by atoms with Gasteiger partial charge in [0.15, 0.2) is 0 Å². The minimum atomic E-state index is 0.675. The molecule has 19 heavy (non-hydrogen) atoms. The molecule has 0 fully saturated rings. The molecule has 0 aliphatic heterocycles. The van der Waals surface area contributed by atoms with Gasteiger partial charge in [0.05, 0.1) is 0 Å². The maximum atomic E-state index is 2.45. The molecule has 1 aliphatic rings. The first kappa shape index (κ1) is 13.9. The fourth-order valence-corrected chi connectivity index (χ4v) is 2.87. The van der Waals surface area contributed by atoms with E-state index in [1.807, 2.05) is 13.8 Å². The average molecular weight is 252 g/mol. The molecule has 1 unspecified atom stereocenters. The van der Waals surface area contributed by atoms with Gasteiger partial charge in [0, 0.05) is 0 Å². The predicted molar refractivity (Wildman–Crippen MR) is 86.6 cm³/mol. The van der Waals surface area contributed by atoms with E-state index in [2.05, 4.69) is 56.3 Å². The first-order valence-corrected chi connectivity index (χ1v) is 7.52. The average Bonchev–Trinajstić information content (AvgIpc) is 2.47. The van der Waals surface area contributed by atoms with Crippen LogP contribution in [0.15, 0.2) is 30.3 Å². The Morgan fingerprint density at radius 2 is 1.89 bits per heavy atom. The molecule has 0 amide bonds. The van der Waals surface area contributed by atoms with Crippen molar-refractivity contribution in [3.05, 3.63) is 46.3 Å². The van der Waals surface area contributed by atoms with Gasteiger partial charge in [-0.05, 0) is 51.6 Å². The van der Waals surface area contributed by atoms with Crippen LogP contribution in [0.25, 0.3) is 22.9 Å². The van der Waals surface area contributed by atoms with Crippen molar-refractivity contribution in [2.24, 2.45) is 5.92 Å². The molecule has 3 rings (SSSR count). The van der Waals surface area contributed by atoms with Gasteiger partial charge in [-0.15, -0.1) is 0 Å². The highest BCUT2D eigenvalue weighted by Crippen LogP contribution is 2.16. The minimum Gasteiger partial charge on any atom is -0.0761 e. The van der Waals surface area contributed by atoms with Crippen LogP contribution in [-0.4, -0.2) is 0 Å². The van der Waals surface area contributed by atoms with Gasteiger partial charge < -0.3 is 0 Å². The quantitative estimate of drug-likeness (QED) is 0.719. The zero-order valence-electron chi connectivity index (χ0n) is 12.5. The molecule has 0 N–H and O–H groups in total. The zero-order chi connectivity index (χ0) is 13.8. The van der Waals surface area contributed by atoms with Crippen molar-refractivity contribution in [1.82, 2.24) is 0 Å². The standard InChI is InChI=1S/C17H18.C2H6/c1-3-15-16-7-5-4-6-13(16)11-14-9-8-12(2)10-17(14)15;1-2/h4-7,9-12H,3,8H2,1-2H3;1-2H3. The number of rotatable bonds is 1. The molecule has 100 valence electrons. The van der Waals surface area contributed by atoms with Gasteiger partial charge in [-0.25, -0.2) is 0 Å². The van der Waals surface area contributed by atoms with Crippen LogP contribution in [0.2, 0.25) is 0 Å². The van der Waals surface area contributed by atoms with E-state index in [1.54, 1.807) is 0 Å². The summed E-state index contributed by atoms with van der Waals surface area (Å²) in [4.78, 5) is 0. The van der Waals surface area contributed by atoms with Gasteiger partial charge in [-0.1, -0.05) is 64.1 Å². The van der Waals surface area contributed by atoms with Crippen LogP contribution < -0.4 is 10.4 Å². The lowest BCUT2D eigenvalue weighted by atomic mass is 9.92. The summed E-state index contributed by atoms with van der Waals surface area (Å²) < 4.78 is 0. The summed E-state index contributed by atoms with van der Waals surface area (Å²) >= 11 is 0. The van der Waals surface area contributed by atoms with Crippen molar-refractivity contribution in [3.63, 3.8) is 0 Å². The monoisotopic (exact) mass is 252 g/mol. The minimum absolute atomic E-state index is 0.675. The van der Waals surface area contributed by atoms with Crippen LogP contribution in [0.5, 0.6) is 0 Å². The van der Waals surface area contributed by atoms with Crippen molar-refractivity contribution in [2.45, 2.75) is 40.5 Å². The van der Waals surface area contributed by atoms with Gasteiger partial charge in [0.25, 0.3) is 0 Å². The van der Waals surface area contributed by atoms with E-state index in [0.29, 0.717) is 5.92 Å². The molecule has 0 heteroatoms. The van der Waals surface area contributed by atoms with Crippen LogP contribution in [0.4, 0.5) is 0 Å². The number of hydrogen-bond donors (Lipinski definition) is 0. The van der Waals surface area contributed by atoms with Crippen molar-refractivity contribution < 1.29 is 0 Å². The number of aryl methyl sites for hydroxylation is 1. The Balaban J connectivity index is 0.000000637. The summed E-state index contributed by atoms with van der Waals surface area (Å²) in [5, 5.41) is 5.71. The first-order valence-electron chi connectivity index (χ1n) is 7.52. The largest absolute Gasteiger partial charge is 0.0761 e. The Hall–Kier alpha value is -1.56. The summed E-state index contributed by atoms with van der Waals surface area (Å²) in [6, 6.07) is 11.1. The Kier molecular flexibility index (Phi) is 4.42. The van der Waals surface area contributed by atoms with Gasteiger partial charge in [0.2, 0.25) is 0 Å². The van der Waals surface area contributed by atoms with Gasteiger partial charge in [0.1, 0.15) is 0 Å². The van der Waals surface area contributed by atoms with Gasteiger partial charge in [-0.2, -0.15) is 0 Å². The van der Waals surface area contributed by atoms with E-state index in [0.717, 1.165) is 6.42 Å². The molecule has 0 spiro atoms. The summed E-state index contributed by atoms with van der Waals surface area (Å²) in [5.41, 5.74) is 1.51. The predicted octanol–water partition coefficient (Wildman–Crippen LogP) is 4.03. The first-order chi connectivity index (χ1) is 9.29. The van der Waals surface area contributed by atoms with Crippen LogP contribution in [0.3, 0.4) is 0 Å². The van der Waals surface area contributed by atoms with E-state index in [1.165, 1.54) is 33.2 Å². The molecule has 0 aromatic heterocycles. The lowest BCUT2D eigenvalue weighted by molar-refractivity contribution is 0.798. The Morgan fingerprint density at radius 3 is 2.63 bits per heavy atom. The molecule has 2 aromatic rings. The molecule has 0 bridgehead atoms. The van der Waals surface area contributed by atoms with Gasteiger partial charge >= 0.3 is 0 Å². The van der Waals surface area contributed by atoms with E-state index in [4.69, 9.17) is 0 Å². The summed E-state index contributed by atoms with van der Waals surface area (Å²) in [6.07, 6.45) is 7.13. The van der Waals surface area contributed by atoms with E-state index < -0.39 is 0 Å². The van der Waals surface area contributed by atoms with E-state index in [9.17, 15) is 0 Å². The molecule has 0 saturated carbocycles. The van der Waals surface area contributed by atoms with Crippen LogP contribution >= 0.6 is 0 Å². The third-order valence-corrected chi connectivity index (χ3v) is 3.75. The molecule has 0 radical (unpaired) electrons. The van der Waals surface area contributed by atoms with Crippen molar-refractivity contribution in [1.29, 1.82) is 0 Å². The molecule has 1 atom stereocenters. The normalized spacial score (nSPS) is 16.7. The number of benzene rings is 2. The third-order valence-electron chi connectivity index (χ3n) is 3.75. The highest BCUT2D eigenvalue weighted by molar-refractivity contribution is 5.86.